The summed E-state index contributed by atoms with van der Waals surface area (Å²) >= 11 is 0. The van der Waals surface area contributed by atoms with Crippen molar-refractivity contribution in [2.75, 3.05) is 0 Å². The van der Waals surface area contributed by atoms with Crippen molar-refractivity contribution in [3.63, 3.8) is 0 Å². The van der Waals surface area contributed by atoms with E-state index in [2.05, 4.69) is 0 Å². The van der Waals surface area contributed by atoms with Crippen molar-refractivity contribution in [1.82, 2.24) is 0 Å². The van der Waals surface area contributed by atoms with E-state index >= 15 is 0 Å². The third-order valence-electron chi connectivity index (χ3n) is 2.12. The normalized spacial score (nSPS) is 10.7. The smallest absolute Gasteiger partial charge is 0.284 e. The van der Waals surface area contributed by atoms with Gasteiger partial charge in [0, 0.05) is 10.9 Å². The number of halogens is 1. The van der Waals surface area contributed by atoms with E-state index in [-0.39, 0.29) is 11.6 Å². The van der Waals surface area contributed by atoms with Crippen molar-refractivity contribution in [3.8, 4) is 0 Å². The fraction of sp³-hybridized carbons (Fsp3) is 0.100. The van der Waals surface area contributed by atoms with Crippen LogP contribution < -0.4 is 5.73 Å². The zero-order chi connectivity index (χ0) is 10.3. The Hall–Kier alpha value is -1.84. The molecule has 0 bridgehead atoms. The molecule has 1 amide bonds. The molecule has 1 aromatic carbocycles. The van der Waals surface area contributed by atoms with Crippen LogP contribution in [0.15, 0.2) is 22.6 Å². The largest absolute Gasteiger partial charge is 0.451 e. The van der Waals surface area contributed by atoms with E-state index in [0.29, 0.717) is 16.5 Å². The van der Waals surface area contributed by atoms with Crippen molar-refractivity contribution in [2.24, 2.45) is 5.73 Å². The molecule has 1 aromatic heterocycles. The molecule has 0 fully saturated rings. The van der Waals surface area contributed by atoms with Crippen molar-refractivity contribution in [2.45, 2.75) is 6.92 Å². The number of hydrogen-bond acceptors (Lipinski definition) is 2. The van der Waals surface area contributed by atoms with E-state index in [1.54, 1.807) is 6.92 Å². The maximum atomic E-state index is 12.9. The Kier molecular flexibility index (Phi) is 1.77. The quantitative estimate of drug-likeness (QED) is 0.752. The molecule has 2 aromatic rings. The van der Waals surface area contributed by atoms with Gasteiger partial charge in [0.05, 0.1) is 0 Å². The minimum absolute atomic E-state index is 0.0885. The molecule has 4 heteroatoms. The molecule has 0 atom stereocenters. The number of rotatable bonds is 1. The molecule has 0 spiro atoms. The van der Waals surface area contributed by atoms with Crippen LogP contribution in [0.3, 0.4) is 0 Å². The van der Waals surface area contributed by atoms with E-state index in [0.717, 1.165) is 0 Å². The van der Waals surface area contributed by atoms with Crippen molar-refractivity contribution in [1.29, 1.82) is 0 Å². The maximum absolute atomic E-state index is 12.9. The van der Waals surface area contributed by atoms with Crippen LogP contribution in [0.1, 0.15) is 16.1 Å². The van der Waals surface area contributed by atoms with Crippen LogP contribution in [0.4, 0.5) is 4.39 Å². The molecule has 2 N–H and O–H groups in total. The second-order valence-corrected chi connectivity index (χ2v) is 3.06. The number of primary amides is 1. The summed E-state index contributed by atoms with van der Waals surface area (Å²) in [4.78, 5) is 10.9. The van der Waals surface area contributed by atoms with Gasteiger partial charge in [-0.3, -0.25) is 4.79 Å². The first-order chi connectivity index (χ1) is 6.59. The minimum Gasteiger partial charge on any atom is -0.451 e. The van der Waals surface area contributed by atoms with Crippen LogP contribution in [0.2, 0.25) is 0 Å². The predicted molar refractivity (Wildman–Crippen MR) is 49.4 cm³/mol. The molecule has 0 saturated carbocycles. The van der Waals surface area contributed by atoms with Gasteiger partial charge in [0.2, 0.25) is 0 Å². The molecule has 2 rings (SSSR count). The monoisotopic (exact) mass is 193 g/mol. The van der Waals surface area contributed by atoms with Crippen LogP contribution in [-0.2, 0) is 0 Å². The van der Waals surface area contributed by atoms with Crippen LogP contribution in [-0.4, -0.2) is 5.91 Å². The fourth-order valence-electron chi connectivity index (χ4n) is 1.43. The summed E-state index contributed by atoms with van der Waals surface area (Å²) in [6, 6.07) is 4.07. The zero-order valence-electron chi connectivity index (χ0n) is 7.50. The number of furan rings is 1. The highest BCUT2D eigenvalue weighted by atomic mass is 19.1. The van der Waals surface area contributed by atoms with E-state index in [4.69, 9.17) is 10.2 Å². The second-order valence-electron chi connectivity index (χ2n) is 3.06. The van der Waals surface area contributed by atoms with E-state index in [1.165, 1.54) is 18.2 Å². The molecule has 1 heterocycles. The first-order valence-electron chi connectivity index (χ1n) is 4.08. The molecule has 0 aliphatic carbocycles. The Balaban J connectivity index is 2.80. The van der Waals surface area contributed by atoms with Crippen molar-refractivity contribution >= 4 is 16.9 Å². The number of carbonyl (C=O) groups excluding carboxylic acids is 1. The van der Waals surface area contributed by atoms with Gasteiger partial charge in [0.25, 0.3) is 5.91 Å². The van der Waals surface area contributed by atoms with Gasteiger partial charge in [-0.15, -0.1) is 0 Å². The summed E-state index contributed by atoms with van der Waals surface area (Å²) in [7, 11) is 0. The Labute approximate surface area is 79.3 Å². The van der Waals surface area contributed by atoms with Crippen LogP contribution in [0.25, 0.3) is 11.0 Å². The number of hydrogen-bond donors (Lipinski definition) is 1. The molecule has 72 valence electrons. The van der Waals surface area contributed by atoms with Crippen molar-refractivity contribution < 1.29 is 13.6 Å². The van der Waals surface area contributed by atoms with Gasteiger partial charge in [-0.2, -0.15) is 0 Å². The van der Waals surface area contributed by atoms with E-state index in [9.17, 15) is 9.18 Å². The zero-order valence-corrected chi connectivity index (χ0v) is 7.50. The SMILES string of the molecule is Cc1c(C(N)=O)oc2ccc(F)cc12. The summed E-state index contributed by atoms with van der Waals surface area (Å²) in [6.45, 7) is 1.67. The van der Waals surface area contributed by atoms with Gasteiger partial charge in [0.15, 0.2) is 5.76 Å². The van der Waals surface area contributed by atoms with Gasteiger partial charge >= 0.3 is 0 Å². The molecule has 0 unspecified atom stereocenters. The van der Waals surface area contributed by atoms with Gasteiger partial charge in [-0.05, 0) is 25.1 Å². The first kappa shape index (κ1) is 8.74. The summed E-state index contributed by atoms with van der Waals surface area (Å²) in [5.41, 5.74) is 6.14. The van der Waals surface area contributed by atoms with Gasteiger partial charge in [-0.25, -0.2) is 4.39 Å². The molecule has 3 nitrogen and oxygen atoms in total. The summed E-state index contributed by atoms with van der Waals surface area (Å²) in [6.07, 6.45) is 0. The highest BCUT2D eigenvalue weighted by Crippen LogP contribution is 2.25. The summed E-state index contributed by atoms with van der Waals surface area (Å²) in [5.74, 6) is -0.915. The number of carbonyl (C=O) groups is 1. The lowest BCUT2D eigenvalue weighted by molar-refractivity contribution is 0.0975. The Morgan fingerprint density at radius 1 is 1.50 bits per heavy atom. The Morgan fingerprint density at radius 3 is 2.86 bits per heavy atom. The predicted octanol–water partition coefficient (Wildman–Crippen LogP) is 1.98. The molecular formula is C10H8FNO2. The second kappa shape index (κ2) is 2.83. The Bertz CT molecular complexity index is 516. The standard InChI is InChI=1S/C10H8FNO2/c1-5-7-4-6(11)2-3-8(7)14-9(5)10(12)13/h2-4H,1H3,(H2,12,13). The maximum Gasteiger partial charge on any atom is 0.284 e. The van der Waals surface area contributed by atoms with Crippen LogP contribution in [0, 0.1) is 12.7 Å². The highest BCUT2D eigenvalue weighted by molar-refractivity contribution is 5.97. The third-order valence-corrected chi connectivity index (χ3v) is 2.12. The molecular weight excluding hydrogens is 185 g/mol. The number of nitrogens with two attached hydrogens (primary N) is 1. The molecule has 0 aliphatic rings. The van der Waals surface area contributed by atoms with Gasteiger partial charge < -0.3 is 10.2 Å². The average molecular weight is 193 g/mol. The first-order valence-corrected chi connectivity index (χ1v) is 4.08. The fourth-order valence-corrected chi connectivity index (χ4v) is 1.43. The van der Waals surface area contributed by atoms with Gasteiger partial charge in [-0.1, -0.05) is 0 Å². The summed E-state index contributed by atoms with van der Waals surface area (Å²) in [5, 5.41) is 0.582. The Morgan fingerprint density at radius 2 is 2.21 bits per heavy atom. The average Bonchev–Trinajstić information content (AvgIpc) is 2.44. The number of benzene rings is 1. The summed E-state index contributed by atoms with van der Waals surface area (Å²) < 4.78 is 18.0. The van der Waals surface area contributed by atoms with Crippen LogP contribution in [0.5, 0.6) is 0 Å². The van der Waals surface area contributed by atoms with E-state index in [1.807, 2.05) is 0 Å². The highest BCUT2D eigenvalue weighted by Gasteiger charge is 2.14. The molecule has 0 aliphatic heterocycles. The lowest BCUT2D eigenvalue weighted by Gasteiger charge is -1.89. The van der Waals surface area contributed by atoms with Crippen LogP contribution >= 0.6 is 0 Å². The van der Waals surface area contributed by atoms with Crippen molar-refractivity contribution in [3.05, 3.63) is 35.3 Å². The lowest BCUT2D eigenvalue weighted by Crippen LogP contribution is -2.10. The molecule has 14 heavy (non-hydrogen) atoms. The van der Waals surface area contributed by atoms with Gasteiger partial charge in [0.1, 0.15) is 11.4 Å². The topological polar surface area (TPSA) is 56.2 Å². The lowest BCUT2D eigenvalue weighted by atomic mass is 10.1. The third kappa shape index (κ3) is 1.16. The number of amides is 1. The molecule has 0 radical (unpaired) electrons. The van der Waals surface area contributed by atoms with E-state index < -0.39 is 5.91 Å². The molecule has 0 saturated heterocycles. The number of fused-ring (bicyclic) bond motifs is 1. The number of aryl methyl sites for hydroxylation is 1. The minimum atomic E-state index is -0.640.